The van der Waals surface area contributed by atoms with Crippen LogP contribution in [0.3, 0.4) is 0 Å². The molecular formula is C27H38GaN5O7S-2. The fourth-order valence-electron chi connectivity index (χ4n) is 4.74. The minimum absolute atomic E-state index is 0.0618. The van der Waals surface area contributed by atoms with E-state index in [9.17, 15) is 34.5 Å². The van der Waals surface area contributed by atoms with Crippen LogP contribution in [-0.2, 0) is 25.6 Å². The first kappa shape index (κ1) is 34.9. The summed E-state index contributed by atoms with van der Waals surface area (Å²) in [6, 6.07) is 6.81. The topological polar surface area (TPSA) is 160 Å². The van der Waals surface area contributed by atoms with Crippen LogP contribution in [0.2, 0.25) is 4.98 Å². The number of carbonyl (C=O) groups excluding carboxylic acids is 3. The predicted octanol–water partition coefficient (Wildman–Crippen LogP) is -2.29. The van der Waals surface area contributed by atoms with Crippen LogP contribution in [0.5, 0.6) is 0 Å². The van der Waals surface area contributed by atoms with Gasteiger partial charge in [-0.1, -0.05) is 12.2 Å². The molecule has 0 aliphatic carbocycles. The fourth-order valence-corrected chi connectivity index (χ4v) is 5.13. The van der Waals surface area contributed by atoms with Crippen molar-refractivity contribution in [2.24, 2.45) is 0 Å². The minimum atomic E-state index is -1.27. The van der Waals surface area contributed by atoms with Crippen molar-refractivity contribution in [1.29, 1.82) is 0 Å². The molecule has 2 rings (SSSR count). The zero-order valence-electron chi connectivity index (χ0n) is 23.5. The van der Waals surface area contributed by atoms with E-state index < -0.39 is 23.9 Å². The summed E-state index contributed by atoms with van der Waals surface area (Å²) in [5, 5.41) is 36.0. The number of ketones is 1. The number of carboxylic acids is 3. The third-order valence-electron chi connectivity index (χ3n) is 6.91. The Kier molecular flexibility index (Phi) is 15.5. The molecule has 1 fully saturated rings. The zero-order valence-corrected chi connectivity index (χ0v) is 26.7. The van der Waals surface area contributed by atoms with Crippen LogP contribution in [0, 0.1) is 0 Å². The van der Waals surface area contributed by atoms with Gasteiger partial charge in [0.2, 0.25) is 0 Å². The Balaban J connectivity index is 2.23. The number of hydrogen-bond acceptors (Lipinski definition) is 11. The second-order valence-corrected chi connectivity index (χ2v) is 11.6. The number of aliphatic carboxylic acids is 3. The van der Waals surface area contributed by atoms with E-state index in [1.807, 2.05) is 34.1 Å². The second kappa shape index (κ2) is 18.3. The summed E-state index contributed by atoms with van der Waals surface area (Å²) in [5.41, 5.74) is 1.83. The van der Waals surface area contributed by atoms with Gasteiger partial charge < -0.3 is 15.2 Å². The zero-order chi connectivity index (χ0) is 30.4. The van der Waals surface area contributed by atoms with Crippen LogP contribution in [0.25, 0.3) is 0 Å². The van der Waals surface area contributed by atoms with Gasteiger partial charge >= 0.3 is 200 Å². The van der Waals surface area contributed by atoms with Crippen LogP contribution >= 0.6 is 12.2 Å². The Labute approximate surface area is 256 Å². The van der Waals surface area contributed by atoms with E-state index in [4.69, 9.17) is 12.2 Å². The Morgan fingerprint density at radius 1 is 0.878 bits per heavy atom. The molecular weight excluding hydrogens is 608 g/mol. The van der Waals surface area contributed by atoms with Gasteiger partial charge in [0.05, 0.1) is 4.99 Å². The number of nitrogens with one attached hydrogen (secondary N) is 1. The molecule has 2 N–H and O–H groups in total. The molecule has 14 heteroatoms. The average molecular weight is 646 g/mol. The fraction of sp³-hybridized carbons (Fsp3) is 0.593. The minimum Gasteiger partial charge on any atom is -0.0383 e. The van der Waals surface area contributed by atoms with Gasteiger partial charge in [0, 0.05) is 5.69 Å². The van der Waals surface area contributed by atoms with Crippen molar-refractivity contribution in [3.8, 4) is 0 Å². The summed E-state index contributed by atoms with van der Waals surface area (Å²) in [4.78, 5) is 55.6. The summed E-state index contributed by atoms with van der Waals surface area (Å²) in [6.45, 7) is 3.86. The molecule has 12 nitrogen and oxygen atoms in total. The molecule has 0 saturated carbocycles. The molecule has 1 heterocycles. The van der Waals surface area contributed by atoms with E-state index >= 15 is 0 Å². The van der Waals surface area contributed by atoms with Crippen molar-refractivity contribution in [2.75, 3.05) is 77.3 Å². The summed E-state index contributed by atoms with van der Waals surface area (Å²) in [5.74, 6) is -3.42. The first-order valence-corrected chi connectivity index (χ1v) is 15.7. The first-order chi connectivity index (χ1) is 19.5. The Morgan fingerprint density at radius 3 is 1.76 bits per heavy atom. The number of carboxylic acid groups (broad SMARTS) is 3. The number of benzene rings is 1. The molecule has 1 aliphatic heterocycles. The Morgan fingerprint density at radius 2 is 1.34 bits per heavy atom. The van der Waals surface area contributed by atoms with Crippen LogP contribution < -0.4 is 15.5 Å². The van der Waals surface area contributed by atoms with Crippen LogP contribution in [-0.4, -0.2) is 150 Å². The SMILES string of the molecule is CC(=S)Nc1ccc(CCC(C(=O)O)N2CCN(CC(=O)[O-])CCN(CC(=O)[O-])CCN(CC(=O)[CH2][Ga])CC2)cc1. The molecule has 0 bridgehead atoms. The van der Waals surface area contributed by atoms with Crippen molar-refractivity contribution in [2.45, 2.75) is 30.8 Å². The monoisotopic (exact) mass is 645 g/mol. The van der Waals surface area contributed by atoms with E-state index in [1.165, 1.54) is 18.6 Å². The average Bonchev–Trinajstić information content (AvgIpc) is 2.89. The van der Waals surface area contributed by atoms with Crippen molar-refractivity contribution in [3.05, 3.63) is 29.8 Å². The number of Topliss-reactive ketones (excluding diaryl/α,β-unsaturated/α-hetero) is 1. The van der Waals surface area contributed by atoms with Crippen molar-refractivity contribution in [1.82, 2.24) is 19.6 Å². The first-order valence-electron chi connectivity index (χ1n) is 13.6. The molecule has 2 radical (unpaired) electrons. The summed E-state index contributed by atoms with van der Waals surface area (Å²) in [7, 11) is 0. The van der Waals surface area contributed by atoms with Gasteiger partial charge in [0.15, 0.2) is 0 Å². The maximum atomic E-state index is 12.5. The number of nitrogens with zero attached hydrogens (tertiary/aromatic N) is 4. The van der Waals surface area contributed by atoms with Crippen molar-refractivity contribution < 1.29 is 34.5 Å². The van der Waals surface area contributed by atoms with Gasteiger partial charge in [-0.2, -0.15) is 0 Å². The molecule has 1 atom stereocenters. The summed E-state index contributed by atoms with van der Waals surface area (Å²) in [6.07, 6.45) is 0.857. The third kappa shape index (κ3) is 13.9. The molecule has 41 heavy (non-hydrogen) atoms. The molecule has 1 aliphatic rings. The van der Waals surface area contributed by atoms with E-state index in [0.717, 1.165) is 11.3 Å². The molecule has 1 unspecified atom stereocenters. The second-order valence-electron chi connectivity index (χ2n) is 10.1. The van der Waals surface area contributed by atoms with Crippen molar-refractivity contribution in [3.63, 3.8) is 0 Å². The van der Waals surface area contributed by atoms with Gasteiger partial charge in [-0.05, 0) is 19.1 Å². The molecule has 1 aromatic carbocycles. The summed E-state index contributed by atoms with van der Waals surface area (Å²) >= 11 is 6.38. The van der Waals surface area contributed by atoms with Crippen LogP contribution in [0.15, 0.2) is 24.3 Å². The molecule has 224 valence electrons. The number of thiocarbonyl (C=S) groups is 1. The third-order valence-corrected chi connectivity index (χ3v) is 7.97. The van der Waals surface area contributed by atoms with Crippen LogP contribution in [0.4, 0.5) is 5.69 Å². The van der Waals surface area contributed by atoms with Crippen molar-refractivity contribution >= 4 is 65.2 Å². The maximum absolute atomic E-state index is 12.5. The quantitative estimate of drug-likeness (QED) is 0.174. The van der Waals surface area contributed by atoms with E-state index in [1.54, 1.807) is 16.7 Å². The van der Waals surface area contributed by atoms with E-state index in [0.29, 0.717) is 49.0 Å². The number of rotatable bonds is 13. The van der Waals surface area contributed by atoms with E-state index in [-0.39, 0.29) is 51.6 Å². The van der Waals surface area contributed by atoms with Gasteiger partial charge in [0.1, 0.15) is 0 Å². The molecule has 1 saturated heterocycles. The standard InChI is InChI=1S/C27H40N5O7S.Ga/c1-20(33)17-29-9-10-30(18-25(34)35)11-12-31(19-26(36)37)14-16-32(15-13-29)24(27(38)39)8-5-22-3-6-23(7-4-22)28-21(2)40;/h3-4,6-7,24H,1,5,8-19H2,2H3,(H,28,40)(H,34,35)(H,36,37)(H,38,39);/p-2. The van der Waals surface area contributed by atoms with E-state index in [2.05, 4.69) is 5.32 Å². The normalized spacial score (nSPS) is 17.6. The summed E-state index contributed by atoms with van der Waals surface area (Å²) < 4.78 is 0. The van der Waals surface area contributed by atoms with Crippen LogP contribution in [0.1, 0.15) is 18.9 Å². The number of hydrogen-bond donors (Lipinski definition) is 2. The predicted molar refractivity (Wildman–Crippen MR) is 155 cm³/mol. The van der Waals surface area contributed by atoms with Gasteiger partial charge in [-0.15, -0.1) is 0 Å². The Bertz CT molecular complexity index is 1050. The van der Waals surface area contributed by atoms with Gasteiger partial charge in [0.25, 0.3) is 0 Å². The number of aryl methyl sites for hydroxylation is 1. The Hall–Kier alpha value is -2.33. The molecule has 0 spiro atoms. The molecule has 0 amide bonds. The number of anilines is 1. The number of carbonyl (C=O) groups is 4. The molecule has 1 aromatic rings. The van der Waals surface area contributed by atoms with Gasteiger partial charge in [-0.25, -0.2) is 0 Å². The van der Waals surface area contributed by atoms with Gasteiger partial charge in [-0.3, -0.25) is 0 Å². The smallest absolute Gasteiger partial charge is 0.0383 e. The molecule has 0 aromatic heterocycles.